The average Bonchev–Trinajstić information content (AvgIpc) is 2.81. The molecule has 19 heavy (non-hydrogen) atoms. The fraction of sp³-hybridized carbons (Fsp3) is 0.0909. The van der Waals surface area contributed by atoms with Gasteiger partial charge in [-0.25, -0.2) is 9.97 Å². The average molecular weight is 254 g/mol. The smallest absolute Gasteiger partial charge is 0.273 e. The first kappa shape index (κ1) is 12.2. The molecule has 0 atom stereocenters. The highest BCUT2D eigenvalue weighted by molar-refractivity contribution is 5.47. The standard InChI is InChI=1S/C11H6N6O2/c1-7-5-14-11(2-9(7)17(18)19)16-6-15-8(3-12)10(16)4-13/h2,5-6H,1H3. The van der Waals surface area contributed by atoms with Crippen molar-refractivity contribution in [2.75, 3.05) is 0 Å². The molecule has 8 heteroatoms. The summed E-state index contributed by atoms with van der Waals surface area (Å²) in [6.07, 6.45) is 2.57. The third-order valence-corrected chi connectivity index (χ3v) is 2.48. The summed E-state index contributed by atoms with van der Waals surface area (Å²) in [6.45, 7) is 1.56. The molecule has 2 rings (SSSR count). The second-order valence-electron chi connectivity index (χ2n) is 3.62. The van der Waals surface area contributed by atoms with Crippen LogP contribution in [-0.2, 0) is 0 Å². The zero-order chi connectivity index (χ0) is 14.0. The summed E-state index contributed by atoms with van der Waals surface area (Å²) in [5.74, 6) is 0.169. The molecule has 0 radical (unpaired) electrons. The molecule has 0 aromatic carbocycles. The van der Waals surface area contributed by atoms with Crippen molar-refractivity contribution in [3.8, 4) is 18.0 Å². The van der Waals surface area contributed by atoms with Crippen LogP contribution in [0.1, 0.15) is 17.0 Å². The number of rotatable bonds is 2. The minimum atomic E-state index is -0.533. The van der Waals surface area contributed by atoms with Crippen molar-refractivity contribution in [2.45, 2.75) is 6.92 Å². The fourth-order valence-corrected chi connectivity index (χ4v) is 1.54. The Kier molecular flexibility index (Phi) is 2.92. The number of aromatic nitrogens is 3. The topological polar surface area (TPSA) is 121 Å². The maximum absolute atomic E-state index is 10.9. The quantitative estimate of drug-likeness (QED) is 0.586. The van der Waals surface area contributed by atoms with E-state index in [1.54, 1.807) is 13.0 Å². The predicted molar refractivity (Wildman–Crippen MR) is 62.2 cm³/mol. The van der Waals surface area contributed by atoms with Crippen molar-refractivity contribution in [3.05, 3.63) is 45.7 Å². The van der Waals surface area contributed by atoms with Crippen LogP contribution in [0.15, 0.2) is 18.6 Å². The van der Waals surface area contributed by atoms with Gasteiger partial charge in [0, 0.05) is 11.8 Å². The molecule has 0 aliphatic rings. The summed E-state index contributed by atoms with van der Waals surface area (Å²) in [6, 6.07) is 4.83. The number of nitriles is 2. The van der Waals surface area contributed by atoms with Gasteiger partial charge in [-0.15, -0.1) is 0 Å². The number of pyridine rings is 1. The van der Waals surface area contributed by atoms with Gasteiger partial charge in [0.1, 0.15) is 24.3 Å². The number of nitro groups is 1. The Morgan fingerprint density at radius 2 is 2.11 bits per heavy atom. The van der Waals surface area contributed by atoms with E-state index in [0.717, 1.165) is 0 Å². The van der Waals surface area contributed by atoms with Crippen LogP contribution in [0.3, 0.4) is 0 Å². The summed E-state index contributed by atoms with van der Waals surface area (Å²) in [5, 5.41) is 28.6. The van der Waals surface area contributed by atoms with E-state index in [-0.39, 0.29) is 22.9 Å². The van der Waals surface area contributed by atoms with Gasteiger partial charge in [0.25, 0.3) is 5.69 Å². The highest BCUT2D eigenvalue weighted by Crippen LogP contribution is 2.20. The Morgan fingerprint density at radius 1 is 1.37 bits per heavy atom. The monoisotopic (exact) mass is 254 g/mol. The van der Waals surface area contributed by atoms with Crippen LogP contribution in [0.5, 0.6) is 0 Å². The molecular formula is C11H6N6O2. The van der Waals surface area contributed by atoms with E-state index in [1.165, 1.54) is 23.2 Å². The molecule has 0 bridgehead atoms. The highest BCUT2D eigenvalue weighted by Gasteiger charge is 2.17. The predicted octanol–water partition coefficient (Wildman–Crippen LogP) is 1.23. The molecule has 8 nitrogen and oxygen atoms in total. The van der Waals surface area contributed by atoms with Crippen molar-refractivity contribution in [1.82, 2.24) is 14.5 Å². The molecule has 0 amide bonds. The lowest BCUT2D eigenvalue weighted by Crippen LogP contribution is -2.02. The van der Waals surface area contributed by atoms with Crippen molar-refractivity contribution >= 4 is 5.69 Å². The minimum Gasteiger partial charge on any atom is -0.273 e. The second-order valence-corrected chi connectivity index (χ2v) is 3.62. The zero-order valence-corrected chi connectivity index (χ0v) is 9.73. The van der Waals surface area contributed by atoms with E-state index < -0.39 is 4.92 Å². The molecule has 0 N–H and O–H groups in total. The van der Waals surface area contributed by atoms with Gasteiger partial charge >= 0.3 is 0 Å². The largest absolute Gasteiger partial charge is 0.277 e. The Hall–Kier alpha value is -3.26. The van der Waals surface area contributed by atoms with E-state index in [9.17, 15) is 10.1 Å². The summed E-state index contributed by atoms with van der Waals surface area (Å²) in [7, 11) is 0. The molecule has 0 fully saturated rings. The van der Waals surface area contributed by atoms with E-state index in [0.29, 0.717) is 5.56 Å². The first-order valence-electron chi connectivity index (χ1n) is 5.07. The van der Waals surface area contributed by atoms with Gasteiger partial charge in [-0.1, -0.05) is 0 Å². The normalized spacial score (nSPS) is 9.63. The molecule has 2 aromatic heterocycles. The second kappa shape index (κ2) is 4.55. The third-order valence-electron chi connectivity index (χ3n) is 2.48. The molecule has 92 valence electrons. The molecule has 0 unspecified atom stereocenters. The van der Waals surface area contributed by atoms with Crippen LogP contribution in [0.25, 0.3) is 5.82 Å². The molecule has 0 spiro atoms. The van der Waals surface area contributed by atoms with E-state index in [2.05, 4.69) is 9.97 Å². The number of imidazole rings is 1. The maximum Gasteiger partial charge on any atom is 0.277 e. The van der Waals surface area contributed by atoms with Crippen molar-refractivity contribution in [3.63, 3.8) is 0 Å². The van der Waals surface area contributed by atoms with Gasteiger partial charge in [-0.05, 0) is 6.92 Å². The molecule has 0 aliphatic carbocycles. The summed E-state index contributed by atoms with van der Waals surface area (Å²) in [4.78, 5) is 18.1. The van der Waals surface area contributed by atoms with E-state index in [1.807, 2.05) is 6.07 Å². The Balaban J connectivity index is 2.65. The van der Waals surface area contributed by atoms with Gasteiger partial charge in [-0.2, -0.15) is 10.5 Å². The lowest BCUT2D eigenvalue weighted by Gasteiger charge is -2.03. The van der Waals surface area contributed by atoms with Gasteiger partial charge in [-0.3, -0.25) is 14.7 Å². The van der Waals surface area contributed by atoms with Crippen LogP contribution in [0, 0.1) is 39.7 Å². The van der Waals surface area contributed by atoms with Crippen LogP contribution in [0.4, 0.5) is 5.69 Å². The third kappa shape index (κ3) is 1.98. The summed E-state index contributed by atoms with van der Waals surface area (Å²) >= 11 is 0. The van der Waals surface area contributed by atoms with Crippen LogP contribution in [-0.4, -0.2) is 19.5 Å². The lowest BCUT2D eigenvalue weighted by atomic mass is 10.2. The first-order valence-corrected chi connectivity index (χ1v) is 5.07. The number of nitrogens with zero attached hydrogens (tertiary/aromatic N) is 6. The molecule has 0 saturated heterocycles. The molecule has 2 heterocycles. The minimum absolute atomic E-state index is 0.00634. The number of aryl methyl sites for hydroxylation is 1. The van der Waals surface area contributed by atoms with Crippen molar-refractivity contribution < 1.29 is 4.92 Å². The highest BCUT2D eigenvalue weighted by atomic mass is 16.6. The molecule has 2 aromatic rings. The fourth-order valence-electron chi connectivity index (χ4n) is 1.54. The Labute approximate surface area is 107 Å². The summed E-state index contributed by atoms with van der Waals surface area (Å²) < 4.78 is 1.24. The SMILES string of the molecule is Cc1cnc(-n2cnc(C#N)c2C#N)cc1[N+](=O)[O-]. The van der Waals surface area contributed by atoms with Crippen LogP contribution < -0.4 is 0 Å². The van der Waals surface area contributed by atoms with Crippen molar-refractivity contribution in [2.24, 2.45) is 0 Å². The van der Waals surface area contributed by atoms with Gasteiger partial charge in [0.05, 0.1) is 11.0 Å². The van der Waals surface area contributed by atoms with Crippen molar-refractivity contribution in [1.29, 1.82) is 10.5 Å². The van der Waals surface area contributed by atoms with E-state index >= 15 is 0 Å². The maximum atomic E-state index is 10.9. The van der Waals surface area contributed by atoms with Gasteiger partial charge < -0.3 is 0 Å². The molecule has 0 aliphatic heterocycles. The Bertz CT molecular complexity index is 750. The van der Waals surface area contributed by atoms with E-state index in [4.69, 9.17) is 10.5 Å². The van der Waals surface area contributed by atoms with Gasteiger partial charge in [0.15, 0.2) is 11.4 Å². The van der Waals surface area contributed by atoms with Crippen LogP contribution >= 0.6 is 0 Å². The van der Waals surface area contributed by atoms with Gasteiger partial charge in [0.2, 0.25) is 0 Å². The first-order chi connectivity index (χ1) is 9.08. The number of hydrogen-bond acceptors (Lipinski definition) is 6. The zero-order valence-electron chi connectivity index (χ0n) is 9.73. The lowest BCUT2D eigenvalue weighted by molar-refractivity contribution is -0.385. The Morgan fingerprint density at radius 3 is 2.68 bits per heavy atom. The van der Waals surface area contributed by atoms with Crippen LogP contribution in [0.2, 0.25) is 0 Å². The molecular weight excluding hydrogens is 248 g/mol. The molecule has 0 saturated carbocycles. The number of hydrogen-bond donors (Lipinski definition) is 0. The summed E-state index contributed by atoms with van der Waals surface area (Å²) in [5.41, 5.74) is 0.245.